The van der Waals surface area contributed by atoms with Crippen LogP contribution in [0, 0.1) is 12.8 Å². The van der Waals surface area contributed by atoms with E-state index in [4.69, 9.17) is 0 Å². The van der Waals surface area contributed by atoms with Gasteiger partial charge in [0.15, 0.2) is 0 Å². The molecular formula is C22H27N3O4S. The van der Waals surface area contributed by atoms with Gasteiger partial charge in [-0.25, -0.2) is 13.1 Å². The van der Waals surface area contributed by atoms with Gasteiger partial charge in [0.1, 0.15) is 0 Å². The van der Waals surface area contributed by atoms with E-state index in [1.54, 1.807) is 24.0 Å². The van der Waals surface area contributed by atoms with Crippen molar-refractivity contribution in [3.8, 4) is 0 Å². The predicted molar refractivity (Wildman–Crippen MR) is 117 cm³/mol. The molecule has 1 saturated heterocycles. The quantitative estimate of drug-likeness (QED) is 0.707. The molecule has 0 bridgehead atoms. The summed E-state index contributed by atoms with van der Waals surface area (Å²) in [5.74, 6) is -0.803. The zero-order valence-corrected chi connectivity index (χ0v) is 18.2. The number of anilines is 2. The number of nitrogens with one attached hydrogen (secondary N) is 2. The Hall–Kier alpha value is -2.71. The zero-order valence-electron chi connectivity index (χ0n) is 17.4. The molecule has 3 rings (SSSR count). The molecule has 0 aromatic heterocycles. The minimum absolute atomic E-state index is 0.0815. The molecule has 1 fully saturated rings. The summed E-state index contributed by atoms with van der Waals surface area (Å²) in [7, 11) is -3.60. The van der Waals surface area contributed by atoms with Crippen molar-refractivity contribution in [3.63, 3.8) is 0 Å². The van der Waals surface area contributed by atoms with Crippen molar-refractivity contribution < 1.29 is 18.0 Å². The lowest BCUT2D eigenvalue weighted by molar-refractivity contribution is -0.122. The Morgan fingerprint density at radius 3 is 2.47 bits per heavy atom. The van der Waals surface area contributed by atoms with Gasteiger partial charge in [-0.3, -0.25) is 9.59 Å². The van der Waals surface area contributed by atoms with Gasteiger partial charge >= 0.3 is 0 Å². The van der Waals surface area contributed by atoms with Gasteiger partial charge in [-0.05, 0) is 56.2 Å². The van der Waals surface area contributed by atoms with E-state index in [0.29, 0.717) is 18.7 Å². The lowest BCUT2D eigenvalue weighted by Gasteiger charge is -2.19. The van der Waals surface area contributed by atoms with Crippen LogP contribution >= 0.6 is 0 Å². The van der Waals surface area contributed by atoms with E-state index < -0.39 is 15.9 Å². The van der Waals surface area contributed by atoms with Crippen LogP contribution in [0.25, 0.3) is 0 Å². The molecule has 1 heterocycles. The van der Waals surface area contributed by atoms with Crippen LogP contribution in [0.3, 0.4) is 0 Å². The lowest BCUT2D eigenvalue weighted by atomic mass is 10.1. The Balaban J connectivity index is 1.65. The monoisotopic (exact) mass is 429 g/mol. The minimum Gasteiger partial charge on any atom is -0.326 e. The summed E-state index contributed by atoms with van der Waals surface area (Å²) in [4.78, 5) is 26.9. The molecule has 2 aromatic carbocycles. The highest BCUT2D eigenvalue weighted by Gasteiger charge is 2.35. The van der Waals surface area contributed by atoms with Gasteiger partial charge in [0.2, 0.25) is 21.8 Å². The number of hydrogen-bond donors (Lipinski definition) is 2. The Bertz CT molecular complexity index is 1030. The van der Waals surface area contributed by atoms with Crippen LogP contribution < -0.4 is 14.9 Å². The maximum absolute atomic E-state index is 12.7. The molecule has 1 aliphatic heterocycles. The van der Waals surface area contributed by atoms with E-state index in [2.05, 4.69) is 10.0 Å². The number of carbonyl (C=O) groups is 2. The second-order valence-corrected chi connectivity index (χ2v) is 9.35. The number of carbonyl (C=O) groups excluding carboxylic acids is 2. The number of benzene rings is 2. The van der Waals surface area contributed by atoms with E-state index in [9.17, 15) is 18.0 Å². The summed E-state index contributed by atoms with van der Waals surface area (Å²) in [6, 6.07) is 13.4. The Morgan fingerprint density at radius 2 is 1.83 bits per heavy atom. The van der Waals surface area contributed by atoms with E-state index in [0.717, 1.165) is 11.3 Å². The van der Waals surface area contributed by atoms with Crippen molar-refractivity contribution >= 4 is 33.2 Å². The van der Waals surface area contributed by atoms with Crippen LogP contribution in [0.1, 0.15) is 32.3 Å². The smallest absolute Gasteiger partial charge is 0.240 e. The van der Waals surface area contributed by atoms with Gasteiger partial charge in [0, 0.05) is 30.4 Å². The molecule has 2 atom stereocenters. The molecule has 0 aliphatic carbocycles. The highest BCUT2D eigenvalue weighted by atomic mass is 32.2. The van der Waals surface area contributed by atoms with E-state index >= 15 is 0 Å². The average molecular weight is 430 g/mol. The van der Waals surface area contributed by atoms with Crippen LogP contribution in [0.5, 0.6) is 0 Å². The number of rotatable bonds is 7. The SMILES string of the molecule is CC[C@@H](C)NS(=O)(=O)c1ccc(NC(=O)[C@@H]2CC(=O)N(c3ccccc3C)C2)cc1. The van der Waals surface area contributed by atoms with E-state index in [1.807, 2.05) is 38.1 Å². The van der Waals surface area contributed by atoms with Crippen LogP contribution in [0.4, 0.5) is 11.4 Å². The molecular weight excluding hydrogens is 402 g/mol. The topological polar surface area (TPSA) is 95.6 Å². The summed E-state index contributed by atoms with van der Waals surface area (Å²) in [5.41, 5.74) is 2.29. The van der Waals surface area contributed by atoms with Crippen LogP contribution in [-0.4, -0.2) is 32.8 Å². The molecule has 30 heavy (non-hydrogen) atoms. The third kappa shape index (κ3) is 4.88. The first-order valence-electron chi connectivity index (χ1n) is 10.0. The molecule has 160 valence electrons. The maximum Gasteiger partial charge on any atom is 0.240 e. The molecule has 2 amide bonds. The maximum atomic E-state index is 12.7. The molecule has 0 saturated carbocycles. The third-order valence-electron chi connectivity index (χ3n) is 5.30. The van der Waals surface area contributed by atoms with E-state index in [1.165, 1.54) is 12.1 Å². The lowest BCUT2D eigenvalue weighted by Crippen LogP contribution is -2.32. The highest BCUT2D eigenvalue weighted by molar-refractivity contribution is 7.89. The van der Waals surface area contributed by atoms with Crippen molar-refractivity contribution in [1.29, 1.82) is 0 Å². The first-order valence-corrected chi connectivity index (χ1v) is 11.5. The van der Waals surface area contributed by atoms with Gasteiger partial charge in [0.25, 0.3) is 0 Å². The molecule has 0 spiro atoms. The van der Waals surface area contributed by atoms with Crippen molar-refractivity contribution in [2.75, 3.05) is 16.8 Å². The summed E-state index contributed by atoms with van der Waals surface area (Å²) in [6.07, 6.45) is 0.832. The summed E-state index contributed by atoms with van der Waals surface area (Å²) in [5, 5.41) is 2.79. The Labute approximate surface area is 177 Å². The summed E-state index contributed by atoms with van der Waals surface area (Å²) in [6.45, 7) is 5.96. The molecule has 7 nitrogen and oxygen atoms in total. The first kappa shape index (κ1) is 22.0. The van der Waals surface area contributed by atoms with Crippen molar-refractivity contribution in [1.82, 2.24) is 4.72 Å². The molecule has 0 radical (unpaired) electrons. The number of sulfonamides is 1. The van der Waals surface area contributed by atoms with Gasteiger partial charge in [0.05, 0.1) is 10.8 Å². The number of amides is 2. The van der Waals surface area contributed by atoms with Crippen molar-refractivity contribution in [2.45, 2.75) is 44.6 Å². The second kappa shape index (κ2) is 8.97. The van der Waals surface area contributed by atoms with Crippen LogP contribution in [-0.2, 0) is 19.6 Å². The van der Waals surface area contributed by atoms with Gasteiger partial charge in [-0.1, -0.05) is 25.1 Å². The highest BCUT2D eigenvalue weighted by Crippen LogP contribution is 2.28. The van der Waals surface area contributed by atoms with Crippen LogP contribution in [0.2, 0.25) is 0 Å². The van der Waals surface area contributed by atoms with E-state index in [-0.39, 0.29) is 29.2 Å². The molecule has 0 unspecified atom stereocenters. The zero-order chi connectivity index (χ0) is 21.9. The number of para-hydroxylation sites is 1. The molecule has 8 heteroatoms. The second-order valence-electron chi connectivity index (χ2n) is 7.64. The van der Waals surface area contributed by atoms with Crippen molar-refractivity contribution in [3.05, 3.63) is 54.1 Å². The van der Waals surface area contributed by atoms with Crippen molar-refractivity contribution in [2.24, 2.45) is 5.92 Å². The number of nitrogens with zero attached hydrogens (tertiary/aromatic N) is 1. The fourth-order valence-electron chi connectivity index (χ4n) is 3.36. The average Bonchev–Trinajstić information content (AvgIpc) is 3.10. The summed E-state index contributed by atoms with van der Waals surface area (Å²) >= 11 is 0. The Morgan fingerprint density at radius 1 is 1.17 bits per heavy atom. The fraction of sp³-hybridized carbons (Fsp3) is 0.364. The largest absolute Gasteiger partial charge is 0.326 e. The molecule has 2 aromatic rings. The minimum atomic E-state index is -3.60. The summed E-state index contributed by atoms with van der Waals surface area (Å²) < 4.78 is 27.3. The van der Waals surface area contributed by atoms with Crippen LogP contribution in [0.15, 0.2) is 53.4 Å². The standard InChI is InChI=1S/C22H27N3O4S/c1-4-16(3)24-30(28,29)19-11-9-18(10-12-19)23-22(27)17-13-21(26)25(14-17)20-8-6-5-7-15(20)2/h5-12,16-17,24H,4,13-14H2,1-3H3,(H,23,27)/t16-,17-/m1/s1. The number of hydrogen-bond acceptors (Lipinski definition) is 4. The number of aryl methyl sites for hydroxylation is 1. The van der Waals surface area contributed by atoms with Gasteiger partial charge in [-0.15, -0.1) is 0 Å². The third-order valence-corrected chi connectivity index (χ3v) is 6.91. The Kier molecular flexibility index (Phi) is 6.58. The normalized spacial score (nSPS) is 17.8. The fourth-order valence-corrected chi connectivity index (χ4v) is 4.69. The van der Waals surface area contributed by atoms with Gasteiger partial charge in [-0.2, -0.15) is 0 Å². The molecule has 2 N–H and O–H groups in total. The molecule has 1 aliphatic rings. The van der Waals surface area contributed by atoms with Gasteiger partial charge < -0.3 is 10.2 Å². The first-order chi connectivity index (χ1) is 14.2. The predicted octanol–water partition coefficient (Wildman–Crippen LogP) is 3.06.